The summed E-state index contributed by atoms with van der Waals surface area (Å²) in [5, 5.41) is 7.81. The number of carbonyl (C=O) groups excluding carboxylic acids is 1. The molecule has 3 heterocycles. The van der Waals surface area contributed by atoms with E-state index < -0.39 is 0 Å². The van der Waals surface area contributed by atoms with Gasteiger partial charge in [-0.2, -0.15) is 9.78 Å². The van der Waals surface area contributed by atoms with Gasteiger partial charge < -0.3 is 14.6 Å². The van der Waals surface area contributed by atoms with Crippen LogP contribution in [0.4, 0.5) is 0 Å². The molecule has 0 bridgehead atoms. The standard InChI is InChI=1S/C25H30N4O3/c30-24(26-18-9-4-1-2-5-10-18)21-16-28(15-20-13-8-14-32-20)17-22-23(21)27-29(25(22)31)19-11-6-3-7-12-19/h3,6-7,11-12,16-18,20H,1-2,4-5,8-10,13-15H2,(H,26,30). The van der Waals surface area contributed by atoms with Crippen LogP contribution in [0.3, 0.4) is 0 Å². The first-order valence-electron chi connectivity index (χ1n) is 11.8. The molecule has 1 saturated carbocycles. The van der Waals surface area contributed by atoms with Gasteiger partial charge in [0.2, 0.25) is 0 Å². The first kappa shape index (κ1) is 20.9. The Morgan fingerprint density at radius 2 is 1.81 bits per heavy atom. The molecule has 0 aromatic heterocycles. The van der Waals surface area contributed by atoms with Crippen LogP contribution in [0.25, 0.3) is 16.9 Å². The van der Waals surface area contributed by atoms with Crippen LogP contribution in [0.15, 0.2) is 47.5 Å². The third-order valence-corrected chi connectivity index (χ3v) is 6.60. The maximum atomic E-state index is 13.4. The van der Waals surface area contributed by atoms with Crippen LogP contribution >= 0.6 is 0 Å². The minimum absolute atomic E-state index is 0.106. The molecule has 1 aromatic carbocycles. The molecule has 1 aliphatic carbocycles. The number of pyridine rings is 1. The molecule has 1 unspecified atom stereocenters. The van der Waals surface area contributed by atoms with E-state index in [1.54, 1.807) is 0 Å². The highest BCUT2D eigenvalue weighted by atomic mass is 16.5. The van der Waals surface area contributed by atoms with Crippen molar-refractivity contribution in [1.29, 1.82) is 0 Å². The van der Waals surface area contributed by atoms with Gasteiger partial charge in [-0.05, 0) is 37.8 Å². The van der Waals surface area contributed by atoms with Gasteiger partial charge in [-0.1, -0.05) is 43.9 Å². The molecule has 168 valence electrons. The molecule has 1 N–H and O–H groups in total. The zero-order valence-electron chi connectivity index (χ0n) is 18.3. The number of benzene rings is 1. The average Bonchev–Trinajstić information content (AvgIpc) is 3.35. The largest absolute Gasteiger partial charge is 0.376 e. The number of fused-ring (bicyclic) bond motifs is 1. The second-order valence-corrected chi connectivity index (χ2v) is 8.98. The molecule has 1 saturated heterocycles. The van der Waals surface area contributed by atoms with Gasteiger partial charge in [0.1, 0.15) is 5.69 Å². The quantitative estimate of drug-likeness (QED) is 0.620. The summed E-state index contributed by atoms with van der Waals surface area (Å²) < 4.78 is 9.11. The molecule has 0 radical (unpaired) electrons. The molecular weight excluding hydrogens is 404 g/mol. The van der Waals surface area contributed by atoms with E-state index in [2.05, 4.69) is 10.4 Å². The molecule has 3 aliphatic heterocycles. The minimum atomic E-state index is -0.212. The van der Waals surface area contributed by atoms with Crippen LogP contribution in [-0.4, -0.2) is 39.0 Å². The van der Waals surface area contributed by atoms with E-state index in [1.165, 1.54) is 17.5 Å². The van der Waals surface area contributed by atoms with Gasteiger partial charge in [0.05, 0.1) is 22.9 Å². The predicted molar refractivity (Wildman–Crippen MR) is 122 cm³/mol. The Morgan fingerprint density at radius 3 is 2.53 bits per heavy atom. The van der Waals surface area contributed by atoms with Crippen LogP contribution in [0.5, 0.6) is 0 Å². The average molecular weight is 435 g/mol. The molecule has 7 heteroatoms. The molecule has 4 aliphatic rings. The van der Waals surface area contributed by atoms with Crippen LogP contribution in [0.1, 0.15) is 61.7 Å². The molecule has 0 spiro atoms. The van der Waals surface area contributed by atoms with Crippen molar-refractivity contribution in [3.05, 3.63) is 58.6 Å². The minimum Gasteiger partial charge on any atom is -0.376 e. The molecule has 5 rings (SSSR count). The van der Waals surface area contributed by atoms with Crippen LogP contribution in [-0.2, 0) is 11.3 Å². The third kappa shape index (κ3) is 4.35. The molecule has 2 fully saturated rings. The Hall–Kier alpha value is -2.93. The van der Waals surface area contributed by atoms with E-state index in [0.29, 0.717) is 29.1 Å². The van der Waals surface area contributed by atoms with Gasteiger partial charge in [0, 0.05) is 31.6 Å². The smallest absolute Gasteiger partial charge is 0.282 e. The highest BCUT2D eigenvalue weighted by molar-refractivity contribution is 6.00. The molecular formula is C25H30N4O3. The lowest BCUT2D eigenvalue weighted by Crippen LogP contribution is -2.35. The van der Waals surface area contributed by atoms with E-state index >= 15 is 0 Å². The van der Waals surface area contributed by atoms with Crippen molar-refractivity contribution < 1.29 is 9.53 Å². The number of carbonyl (C=O) groups is 1. The fraction of sp³-hybridized carbons (Fsp3) is 0.480. The zero-order valence-corrected chi connectivity index (χ0v) is 18.3. The van der Waals surface area contributed by atoms with Crippen molar-refractivity contribution in [1.82, 2.24) is 19.7 Å². The highest BCUT2D eigenvalue weighted by Crippen LogP contribution is 2.25. The molecule has 7 nitrogen and oxygen atoms in total. The second-order valence-electron chi connectivity index (χ2n) is 8.98. The SMILES string of the molecule is O=C(NC1CCCCCC1)c1cn(CC2CCCO2)cc2c(=O)n(-c3ccccc3)nc1-2. The number of amides is 1. The number of ether oxygens (including phenoxy) is 1. The molecule has 1 aromatic rings. The van der Waals surface area contributed by atoms with E-state index in [0.717, 1.165) is 45.1 Å². The summed E-state index contributed by atoms with van der Waals surface area (Å²) in [4.78, 5) is 26.6. The number of hydrogen-bond acceptors (Lipinski definition) is 4. The van der Waals surface area contributed by atoms with Crippen molar-refractivity contribution in [2.75, 3.05) is 6.61 Å². The number of rotatable bonds is 5. The van der Waals surface area contributed by atoms with Crippen LogP contribution in [0.2, 0.25) is 0 Å². The Bertz CT molecular complexity index is 1090. The predicted octanol–water partition coefficient (Wildman–Crippen LogP) is 3.77. The van der Waals surface area contributed by atoms with Crippen LogP contribution in [0, 0.1) is 0 Å². The first-order valence-corrected chi connectivity index (χ1v) is 11.8. The molecule has 1 amide bonds. The van der Waals surface area contributed by atoms with Gasteiger partial charge >= 0.3 is 0 Å². The number of aromatic nitrogens is 3. The Balaban J connectivity index is 1.54. The summed E-state index contributed by atoms with van der Waals surface area (Å²) in [5.41, 5.74) is 1.84. The van der Waals surface area contributed by atoms with Gasteiger partial charge in [0.25, 0.3) is 11.5 Å². The lowest BCUT2D eigenvalue weighted by atomic mass is 10.1. The summed E-state index contributed by atoms with van der Waals surface area (Å²) >= 11 is 0. The number of hydrogen-bond donors (Lipinski definition) is 1. The fourth-order valence-corrected chi connectivity index (χ4v) is 4.89. The summed E-state index contributed by atoms with van der Waals surface area (Å²) in [6, 6.07) is 9.52. The van der Waals surface area contributed by atoms with Gasteiger partial charge in [-0.25, -0.2) is 0 Å². The normalized spacial score (nSPS) is 19.8. The van der Waals surface area contributed by atoms with E-state index in [1.807, 2.05) is 47.3 Å². The van der Waals surface area contributed by atoms with Crippen molar-refractivity contribution in [2.45, 2.75) is 70.1 Å². The van der Waals surface area contributed by atoms with Gasteiger partial charge in [-0.15, -0.1) is 0 Å². The van der Waals surface area contributed by atoms with Crippen molar-refractivity contribution >= 4 is 5.91 Å². The monoisotopic (exact) mass is 434 g/mol. The Labute approximate surface area is 187 Å². The van der Waals surface area contributed by atoms with E-state index in [4.69, 9.17) is 4.74 Å². The fourth-order valence-electron chi connectivity index (χ4n) is 4.89. The highest BCUT2D eigenvalue weighted by Gasteiger charge is 2.27. The summed E-state index contributed by atoms with van der Waals surface area (Å²) in [5.74, 6) is -0.152. The Kier molecular flexibility index (Phi) is 6.08. The molecule has 32 heavy (non-hydrogen) atoms. The summed E-state index contributed by atoms with van der Waals surface area (Å²) in [7, 11) is 0. The van der Waals surface area contributed by atoms with E-state index in [-0.39, 0.29) is 23.6 Å². The van der Waals surface area contributed by atoms with Crippen LogP contribution < -0.4 is 10.9 Å². The maximum Gasteiger partial charge on any atom is 0.282 e. The van der Waals surface area contributed by atoms with E-state index in [9.17, 15) is 9.59 Å². The lowest BCUT2D eigenvalue weighted by molar-refractivity contribution is 0.0922. The maximum absolute atomic E-state index is 13.4. The number of nitrogens with one attached hydrogen (secondary N) is 1. The topological polar surface area (TPSA) is 78.2 Å². The van der Waals surface area contributed by atoms with Gasteiger partial charge in [0.15, 0.2) is 0 Å². The Morgan fingerprint density at radius 1 is 1.03 bits per heavy atom. The number of para-hydroxylation sites is 1. The van der Waals surface area contributed by atoms with Crippen molar-refractivity contribution in [3.63, 3.8) is 0 Å². The van der Waals surface area contributed by atoms with Crippen molar-refractivity contribution in [2.24, 2.45) is 0 Å². The van der Waals surface area contributed by atoms with Gasteiger partial charge in [-0.3, -0.25) is 9.59 Å². The lowest BCUT2D eigenvalue weighted by Gasteiger charge is -2.19. The molecule has 1 atom stereocenters. The second kappa shape index (κ2) is 9.28. The first-order chi connectivity index (χ1) is 15.7. The zero-order chi connectivity index (χ0) is 21.9. The summed E-state index contributed by atoms with van der Waals surface area (Å²) in [6.45, 7) is 1.39. The summed E-state index contributed by atoms with van der Waals surface area (Å²) in [6.07, 6.45) is 12.5. The van der Waals surface area contributed by atoms with Crippen molar-refractivity contribution in [3.8, 4) is 16.9 Å². The number of nitrogens with zero attached hydrogens (tertiary/aromatic N) is 3. The third-order valence-electron chi connectivity index (χ3n) is 6.60.